The summed E-state index contributed by atoms with van der Waals surface area (Å²) in [7, 11) is 0. The standard InChI is InChI=1S/C13H15N3O/c14-11-15-9-4-10-16(15)13(17)8-7-12-5-2-1-3-6-12/h1-3,5-6H,4,7-10H2. The molecule has 1 amide bonds. The van der Waals surface area contributed by atoms with Crippen molar-refractivity contribution in [2.75, 3.05) is 13.1 Å². The van der Waals surface area contributed by atoms with E-state index in [1.54, 1.807) is 5.01 Å². The summed E-state index contributed by atoms with van der Waals surface area (Å²) in [5.41, 5.74) is 1.16. The summed E-state index contributed by atoms with van der Waals surface area (Å²) in [6.45, 7) is 1.33. The predicted molar refractivity (Wildman–Crippen MR) is 63.4 cm³/mol. The van der Waals surface area contributed by atoms with Crippen molar-refractivity contribution in [3.63, 3.8) is 0 Å². The molecule has 1 heterocycles. The highest BCUT2D eigenvalue weighted by atomic mass is 16.2. The van der Waals surface area contributed by atoms with E-state index in [9.17, 15) is 4.79 Å². The number of nitrogens with zero attached hydrogens (tertiary/aromatic N) is 3. The number of nitriles is 1. The van der Waals surface area contributed by atoms with E-state index in [1.807, 2.05) is 36.5 Å². The first kappa shape index (κ1) is 11.5. The Labute approximate surface area is 101 Å². The zero-order valence-corrected chi connectivity index (χ0v) is 9.67. The highest BCUT2D eigenvalue weighted by molar-refractivity contribution is 5.76. The van der Waals surface area contributed by atoms with Crippen LogP contribution >= 0.6 is 0 Å². The lowest BCUT2D eigenvalue weighted by Crippen LogP contribution is -2.38. The molecule has 2 rings (SSSR count). The van der Waals surface area contributed by atoms with Crippen molar-refractivity contribution in [1.29, 1.82) is 5.26 Å². The number of rotatable bonds is 3. The van der Waals surface area contributed by atoms with Gasteiger partial charge in [0, 0.05) is 13.0 Å². The molecule has 1 saturated heterocycles. The van der Waals surface area contributed by atoms with Crippen LogP contribution in [0.2, 0.25) is 0 Å². The van der Waals surface area contributed by atoms with Gasteiger partial charge >= 0.3 is 0 Å². The van der Waals surface area contributed by atoms with E-state index in [0.29, 0.717) is 19.5 Å². The maximum absolute atomic E-state index is 11.9. The van der Waals surface area contributed by atoms with Gasteiger partial charge in [0.15, 0.2) is 6.19 Å². The van der Waals surface area contributed by atoms with Gasteiger partial charge in [-0.05, 0) is 18.4 Å². The van der Waals surface area contributed by atoms with Crippen LogP contribution in [0.15, 0.2) is 30.3 Å². The monoisotopic (exact) mass is 229 g/mol. The highest BCUT2D eigenvalue weighted by Crippen LogP contribution is 2.12. The number of hydrazine groups is 1. The number of carbonyl (C=O) groups excluding carboxylic acids is 1. The maximum atomic E-state index is 11.9. The maximum Gasteiger partial charge on any atom is 0.242 e. The van der Waals surface area contributed by atoms with Gasteiger partial charge in [0.2, 0.25) is 5.91 Å². The normalized spacial score (nSPS) is 14.8. The van der Waals surface area contributed by atoms with E-state index in [-0.39, 0.29) is 5.91 Å². The second-order valence-electron chi connectivity index (χ2n) is 4.08. The van der Waals surface area contributed by atoms with Gasteiger partial charge < -0.3 is 0 Å². The number of carbonyl (C=O) groups is 1. The van der Waals surface area contributed by atoms with E-state index in [0.717, 1.165) is 18.4 Å². The molecule has 17 heavy (non-hydrogen) atoms. The van der Waals surface area contributed by atoms with Crippen molar-refractivity contribution in [1.82, 2.24) is 10.0 Å². The highest BCUT2D eigenvalue weighted by Gasteiger charge is 2.25. The minimum Gasteiger partial charge on any atom is -0.273 e. The number of hydrogen-bond donors (Lipinski definition) is 0. The molecule has 1 aliphatic heterocycles. The molecular formula is C13H15N3O. The molecule has 0 aromatic heterocycles. The Morgan fingerprint density at radius 1 is 1.29 bits per heavy atom. The first-order valence-electron chi connectivity index (χ1n) is 5.83. The number of amides is 1. The topological polar surface area (TPSA) is 47.3 Å². The van der Waals surface area contributed by atoms with E-state index in [1.165, 1.54) is 5.01 Å². The van der Waals surface area contributed by atoms with Gasteiger partial charge in [0.1, 0.15) is 0 Å². The largest absolute Gasteiger partial charge is 0.273 e. The second kappa shape index (κ2) is 5.35. The van der Waals surface area contributed by atoms with Crippen LogP contribution in [0.5, 0.6) is 0 Å². The third-order valence-corrected chi connectivity index (χ3v) is 2.90. The molecule has 0 N–H and O–H groups in total. The van der Waals surface area contributed by atoms with E-state index in [2.05, 4.69) is 0 Å². The third-order valence-electron chi connectivity index (χ3n) is 2.90. The van der Waals surface area contributed by atoms with Crippen LogP contribution in [0.25, 0.3) is 0 Å². The molecule has 1 aromatic carbocycles. The fourth-order valence-electron chi connectivity index (χ4n) is 2.00. The Hall–Kier alpha value is -2.02. The van der Waals surface area contributed by atoms with Crippen LogP contribution < -0.4 is 0 Å². The predicted octanol–water partition coefficient (Wildman–Crippen LogP) is 1.55. The van der Waals surface area contributed by atoms with Crippen LogP contribution in [0.3, 0.4) is 0 Å². The van der Waals surface area contributed by atoms with Crippen molar-refractivity contribution in [2.24, 2.45) is 0 Å². The summed E-state index contributed by atoms with van der Waals surface area (Å²) in [5.74, 6) is 0.0351. The molecule has 0 atom stereocenters. The summed E-state index contributed by atoms with van der Waals surface area (Å²) < 4.78 is 0. The van der Waals surface area contributed by atoms with Gasteiger partial charge in [-0.3, -0.25) is 4.79 Å². The lowest BCUT2D eigenvalue weighted by molar-refractivity contribution is -0.139. The Kier molecular flexibility index (Phi) is 3.61. The molecule has 0 spiro atoms. The van der Waals surface area contributed by atoms with E-state index in [4.69, 9.17) is 5.26 Å². The van der Waals surface area contributed by atoms with Gasteiger partial charge in [-0.2, -0.15) is 5.26 Å². The molecule has 0 bridgehead atoms. The first-order chi connectivity index (χ1) is 8.31. The van der Waals surface area contributed by atoms with Crippen LogP contribution in [-0.4, -0.2) is 29.0 Å². The molecule has 1 fully saturated rings. The third kappa shape index (κ3) is 2.76. The Morgan fingerprint density at radius 3 is 2.76 bits per heavy atom. The first-order valence-corrected chi connectivity index (χ1v) is 5.83. The van der Waals surface area contributed by atoms with Crippen LogP contribution in [-0.2, 0) is 11.2 Å². The zero-order chi connectivity index (χ0) is 12.1. The van der Waals surface area contributed by atoms with Crippen molar-refractivity contribution >= 4 is 5.91 Å². The fraction of sp³-hybridized carbons (Fsp3) is 0.385. The number of aryl methyl sites for hydroxylation is 1. The fourth-order valence-corrected chi connectivity index (χ4v) is 2.00. The molecule has 0 unspecified atom stereocenters. The van der Waals surface area contributed by atoms with Gasteiger partial charge in [-0.15, -0.1) is 0 Å². The SMILES string of the molecule is N#CN1CCCN1C(=O)CCc1ccccc1. The average molecular weight is 229 g/mol. The van der Waals surface area contributed by atoms with E-state index < -0.39 is 0 Å². The second-order valence-corrected chi connectivity index (χ2v) is 4.08. The lowest BCUT2D eigenvalue weighted by atomic mass is 10.1. The lowest BCUT2D eigenvalue weighted by Gasteiger charge is -2.22. The summed E-state index contributed by atoms with van der Waals surface area (Å²) in [4.78, 5) is 11.9. The quantitative estimate of drug-likeness (QED) is 0.739. The molecular weight excluding hydrogens is 214 g/mol. The smallest absolute Gasteiger partial charge is 0.242 e. The summed E-state index contributed by atoms with van der Waals surface area (Å²) in [6.07, 6.45) is 4.10. The molecule has 1 aromatic rings. The zero-order valence-electron chi connectivity index (χ0n) is 9.67. The summed E-state index contributed by atoms with van der Waals surface area (Å²) >= 11 is 0. The molecule has 0 radical (unpaired) electrons. The molecule has 0 aliphatic carbocycles. The van der Waals surface area contributed by atoms with Gasteiger partial charge in [0.25, 0.3) is 0 Å². The Morgan fingerprint density at radius 2 is 2.06 bits per heavy atom. The van der Waals surface area contributed by atoms with Crippen LogP contribution in [0.4, 0.5) is 0 Å². The summed E-state index contributed by atoms with van der Waals surface area (Å²) in [6, 6.07) is 9.93. The molecule has 88 valence electrons. The van der Waals surface area contributed by atoms with E-state index >= 15 is 0 Å². The molecule has 4 nitrogen and oxygen atoms in total. The number of hydrogen-bond acceptors (Lipinski definition) is 3. The van der Waals surface area contributed by atoms with Crippen molar-refractivity contribution in [3.05, 3.63) is 35.9 Å². The van der Waals surface area contributed by atoms with Gasteiger partial charge in [0.05, 0.1) is 6.54 Å². The summed E-state index contributed by atoms with van der Waals surface area (Å²) in [5, 5.41) is 11.9. The Balaban J connectivity index is 1.88. The van der Waals surface area contributed by atoms with Crippen LogP contribution in [0, 0.1) is 11.5 Å². The average Bonchev–Trinajstić information content (AvgIpc) is 2.85. The van der Waals surface area contributed by atoms with Crippen molar-refractivity contribution < 1.29 is 4.79 Å². The minimum atomic E-state index is 0.0351. The van der Waals surface area contributed by atoms with Gasteiger partial charge in [-0.1, -0.05) is 30.3 Å². The minimum absolute atomic E-state index is 0.0351. The molecule has 4 heteroatoms. The molecule has 1 aliphatic rings. The van der Waals surface area contributed by atoms with Gasteiger partial charge in [-0.25, -0.2) is 10.0 Å². The Bertz CT molecular complexity index is 424. The van der Waals surface area contributed by atoms with Crippen molar-refractivity contribution in [2.45, 2.75) is 19.3 Å². The number of benzene rings is 1. The van der Waals surface area contributed by atoms with Crippen LogP contribution in [0.1, 0.15) is 18.4 Å². The van der Waals surface area contributed by atoms with Crippen molar-refractivity contribution in [3.8, 4) is 6.19 Å². The molecule has 0 saturated carbocycles.